The highest BCUT2D eigenvalue weighted by Crippen LogP contribution is 2.07. The topological polar surface area (TPSA) is 70.9 Å². The van der Waals surface area contributed by atoms with E-state index >= 15 is 0 Å². The first kappa shape index (κ1) is 24.4. The van der Waals surface area contributed by atoms with E-state index in [9.17, 15) is 4.79 Å². The molecule has 0 unspecified atom stereocenters. The number of benzene rings is 1. The maximum absolute atomic E-state index is 11.8. The summed E-state index contributed by atoms with van der Waals surface area (Å²) in [7, 11) is 0. The van der Waals surface area contributed by atoms with Crippen LogP contribution in [0.15, 0.2) is 58.4 Å². The van der Waals surface area contributed by atoms with Crippen molar-refractivity contribution < 1.29 is 4.74 Å². The van der Waals surface area contributed by atoms with Crippen molar-refractivity contribution in [2.45, 2.75) is 20.0 Å². The van der Waals surface area contributed by atoms with Crippen molar-refractivity contribution in [2.24, 2.45) is 4.99 Å². The number of guanidine groups is 1. The first-order chi connectivity index (χ1) is 14.2. The predicted octanol–water partition coefficient (Wildman–Crippen LogP) is 1.90. The molecular weight excluding hydrogens is 493 g/mol. The third kappa shape index (κ3) is 8.08. The van der Waals surface area contributed by atoms with Gasteiger partial charge in [-0.1, -0.05) is 30.3 Å². The minimum Gasteiger partial charge on any atom is -0.379 e. The summed E-state index contributed by atoms with van der Waals surface area (Å²) in [6.45, 7) is 9.57. The molecule has 8 heteroatoms. The lowest BCUT2D eigenvalue weighted by molar-refractivity contribution is 0.0389. The number of halogens is 1. The number of aliphatic imine (C=N–C) groups is 1. The van der Waals surface area contributed by atoms with E-state index in [-0.39, 0.29) is 29.5 Å². The molecule has 0 aliphatic carbocycles. The van der Waals surface area contributed by atoms with Crippen LogP contribution in [-0.4, -0.2) is 61.4 Å². The molecule has 7 nitrogen and oxygen atoms in total. The fourth-order valence-electron chi connectivity index (χ4n) is 3.21. The van der Waals surface area contributed by atoms with E-state index in [0.29, 0.717) is 13.1 Å². The van der Waals surface area contributed by atoms with E-state index in [2.05, 4.69) is 46.7 Å². The van der Waals surface area contributed by atoms with Crippen LogP contribution in [0.5, 0.6) is 0 Å². The number of nitrogens with zero attached hydrogens (tertiary/aromatic N) is 3. The minimum absolute atomic E-state index is 0. The van der Waals surface area contributed by atoms with Gasteiger partial charge in [0.25, 0.3) is 5.56 Å². The normalized spacial score (nSPS) is 14.8. The van der Waals surface area contributed by atoms with Gasteiger partial charge in [-0.3, -0.25) is 9.69 Å². The van der Waals surface area contributed by atoms with Crippen LogP contribution in [-0.2, 0) is 17.8 Å². The molecule has 30 heavy (non-hydrogen) atoms. The van der Waals surface area contributed by atoms with Gasteiger partial charge in [-0.05, 0) is 24.1 Å². The highest BCUT2D eigenvalue weighted by Gasteiger charge is 2.09. The average molecular weight is 525 g/mol. The molecule has 1 aliphatic rings. The number of rotatable bonds is 8. The number of nitrogens with one attached hydrogen (secondary N) is 2. The third-order valence-corrected chi connectivity index (χ3v) is 4.86. The molecule has 1 aromatic heterocycles. The molecule has 2 aromatic rings. The molecule has 0 bridgehead atoms. The molecule has 1 aromatic carbocycles. The average Bonchev–Trinajstić information content (AvgIpc) is 2.75. The first-order valence-electron chi connectivity index (χ1n) is 10.3. The van der Waals surface area contributed by atoms with E-state index in [1.807, 2.05) is 12.3 Å². The number of hydrogen-bond acceptors (Lipinski definition) is 4. The largest absolute Gasteiger partial charge is 0.379 e. The van der Waals surface area contributed by atoms with Crippen LogP contribution in [0.4, 0.5) is 0 Å². The Kier molecular flexibility index (Phi) is 10.9. The molecule has 2 heterocycles. The Morgan fingerprint density at radius 1 is 1.07 bits per heavy atom. The fraction of sp³-hybridized carbons (Fsp3) is 0.455. The summed E-state index contributed by atoms with van der Waals surface area (Å²) in [6, 6.07) is 13.5. The SMILES string of the molecule is CCNC(=NCc1ccc(Cn2ccccc2=O)cc1)NCCN1CCOCC1.I. The molecule has 0 spiro atoms. The number of aromatic nitrogens is 1. The Morgan fingerprint density at radius 3 is 2.50 bits per heavy atom. The van der Waals surface area contributed by atoms with Gasteiger partial charge in [-0.2, -0.15) is 0 Å². The van der Waals surface area contributed by atoms with Crippen LogP contribution < -0.4 is 16.2 Å². The molecule has 0 radical (unpaired) electrons. The van der Waals surface area contributed by atoms with Crippen LogP contribution >= 0.6 is 24.0 Å². The smallest absolute Gasteiger partial charge is 0.250 e. The van der Waals surface area contributed by atoms with Crippen molar-refractivity contribution in [3.05, 3.63) is 70.1 Å². The summed E-state index contributed by atoms with van der Waals surface area (Å²) in [6.07, 6.45) is 1.81. The first-order valence-corrected chi connectivity index (χ1v) is 10.3. The Morgan fingerprint density at radius 2 is 1.80 bits per heavy atom. The summed E-state index contributed by atoms with van der Waals surface area (Å²) in [5.41, 5.74) is 2.25. The van der Waals surface area contributed by atoms with Gasteiger partial charge in [0.2, 0.25) is 0 Å². The molecule has 2 N–H and O–H groups in total. The summed E-state index contributed by atoms with van der Waals surface area (Å²) in [5.74, 6) is 0.834. The van der Waals surface area contributed by atoms with Gasteiger partial charge in [0.1, 0.15) is 0 Å². The van der Waals surface area contributed by atoms with E-state index in [0.717, 1.165) is 63.0 Å². The van der Waals surface area contributed by atoms with Gasteiger partial charge >= 0.3 is 0 Å². The zero-order valence-corrected chi connectivity index (χ0v) is 19.9. The van der Waals surface area contributed by atoms with Crippen molar-refractivity contribution in [1.29, 1.82) is 0 Å². The summed E-state index contributed by atoms with van der Waals surface area (Å²) < 4.78 is 7.09. The van der Waals surface area contributed by atoms with Crippen molar-refractivity contribution in [3.63, 3.8) is 0 Å². The summed E-state index contributed by atoms with van der Waals surface area (Å²) in [5, 5.41) is 6.71. The van der Waals surface area contributed by atoms with Gasteiger partial charge in [-0.15, -0.1) is 24.0 Å². The summed E-state index contributed by atoms with van der Waals surface area (Å²) >= 11 is 0. The maximum Gasteiger partial charge on any atom is 0.250 e. The van der Waals surface area contributed by atoms with Crippen molar-refractivity contribution in [1.82, 2.24) is 20.1 Å². The highest BCUT2D eigenvalue weighted by atomic mass is 127. The zero-order valence-electron chi connectivity index (χ0n) is 17.5. The van der Waals surface area contributed by atoms with Crippen molar-refractivity contribution in [2.75, 3.05) is 45.9 Å². The molecule has 3 rings (SSSR count). The van der Waals surface area contributed by atoms with Gasteiger partial charge in [0, 0.05) is 45.0 Å². The quantitative estimate of drug-likeness (QED) is 0.313. The second kappa shape index (κ2) is 13.4. The number of hydrogen-bond donors (Lipinski definition) is 2. The van der Waals surface area contributed by atoms with Crippen LogP contribution in [0.2, 0.25) is 0 Å². The van der Waals surface area contributed by atoms with Gasteiger partial charge < -0.3 is 19.9 Å². The van der Waals surface area contributed by atoms with Crippen LogP contribution in [0.1, 0.15) is 18.1 Å². The Balaban J connectivity index is 0.00000320. The van der Waals surface area contributed by atoms with E-state index in [1.165, 1.54) is 0 Å². The molecule has 0 atom stereocenters. The molecule has 0 saturated carbocycles. The monoisotopic (exact) mass is 525 g/mol. The maximum atomic E-state index is 11.8. The van der Waals surface area contributed by atoms with E-state index < -0.39 is 0 Å². The van der Waals surface area contributed by atoms with Crippen LogP contribution in [0, 0.1) is 0 Å². The van der Waals surface area contributed by atoms with Crippen molar-refractivity contribution in [3.8, 4) is 0 Å². The molecule has 164 valence electrons. The molecule has 1 aliphatic heterocycles. The second-order valence-corrected chi connectivity index (χ2v) is 7.06. The molecular formula is C22H32IN5O2. The summed E-state index contributed by atoms with van der Waals surface area (Å²) in [4.78, 5) is 18.9. The van der Waals surface area contributed by atoms with Crippen molar-refractivity contribution >= 4 is 29.9 Å². The van der Waals surface area contributed by atoms with E-state index in [1.54, 1.807) is 16.7 Å². The lowest BCUT2D eigenvalue weighted by Gasteiger charge is -2.26. The van der Waals surface area contributed by atoms with Gasteiger partial charge in [0.15, 0.2) is 5.96 Å². The van der Waals surface area contributed by atoms with Gasteiger partial charge in [-0.25, -0.2) is 4.99 Å². The number of pyridine rings is 1. The third-order valence-electron chi connectivity index (χ3n) is 4.86. The van der Waals surface area contributed by atoms with Crippen LogP contribution in [0.3, 0.4) is 0 Å². The Labute approximate surface area is 195 Å². The minimum atomic E-state index is 0. The standard InChI is InChI=1S/C22H31N5O2.HI/c1-2-23-22(24-10-12-26-13-15-29-16-14-26)25-17-19-6-8-20(9-7-19)18-27-11-4-3-5-21(27)28;/h3-9,11H,2,10,12-18H2,1H3,(H2,23,24,25);1H. The number of morpholine rings is 1. The second-order valence-electron chi connectivity index (χ2n) is 7.06. The Hall–Kier alpha value is -1.91. The highest BCUT2D eigenvalue weighted by molar-refractivity contribution is 14.0. The van der Waals surface area contributed by atoms with E-state index in [4.69, 9.17) is 9.73 Å². The Bertz CT molecular complexity index is 832. The lowest BCUT2D eigenvalue weighted by Crippen LogP contribution is -2.44. The molecule has 1 fully saturated rings. The van der Waals surface area contributed by atoms with Gasteiger partial charge in [0.05, 0.1) is 26.3 Å². The number of ether oxygens (including phenoxy) is 1. The lowest BCUT2D eigenvalue weighted by atomic mass is 10.1. The molecule has 1 saturated heterocycles. The fourth-order valence-corrected chi connectivity index (χ4v) is 3.21. The zero-order chi connectivity index (χ0) is 20.3. The molecule has 0 amide bonds. The van der Waals surface area contributed by atoms with Crippen LogP contribution in [0.25, 0.3) is 0 Å². The predicted molar refractivity (Wildman–Crippen MR) is 132 cm³/mol.